The first-order valence-electron chi connectivity index (χ1n) is 12.3. The van der Waals surface area contributed by atoms with E-state index in [1.165, 1.54) is 20.1 Å². The number of nitrogens with zero attached hydrogens (tertiary/aromatic N) is 5. The molecule has 0 spiro atoms. The number of anilines is 1. The first kappa shape index (κ1) is 26.9. The third kappa shape index (κ3) is 4.73. The van der Waals surface area contributed by atoms with E-state index in [1.54, 1.807) is 67.3 Å². The van der Waals surface area contributed by atoms with Gasteiger partial charge in [0.15, 0.2) is 4.32 Å². The molecule has 1 fully saturated rings. The Kier molecular flexibility index (Phi) is 6.98. The minimum absolute atomic E-state index is 0.0381. The minimum Gasteiger partial charge on any atom is -0.438 e. The number of ether oxygens (including phenoxy) is 1. The highest BCUT2D eigenvalue weighted by molar-refractivity contribution is 9.10. The summed E-state index contributed by atoms with van der Waals surface area (Å²) in [5.41, 5.74) is 1.01. The average Bonchev–Trinajstić information content (AvgIpc) is 3.36. The second-order valence-electron chi connectivity index (χ2n) is 9.05. The Morgan fingerprint density at radius 2 is 1.66 bits per heavy atom. The lowest BCUT2D eigenvalue weighted by Gasteiger charge is -2.12. The third-order valence-electron chi connectivity index (χ3n) is 6.58. The summed E-state index contributed by atoms with van der Waals surface area (Å²) in [7, 11) is 1.74. The zero-order chi connectivity index (χ0) is 28.8. The summed E-state index contributed by atoms with van der Waals surface area (Å²) in [6.07, 6.45) is 3.02. The van der Waals surface area contributed by atoms with Crippen LogP contribution in [-0.4, -0.2) is 29.0 Å². The summed E-state index contributed by atoms with van der Waals surface area (Å²) < 4.78 is 11.6. The number of amides is 1. The van der Waals surface area contributed by atoms with Gasteiger partial charge in [0.25, 0.3) is 17.0 Å². The van der Waals surface area contributed by atoms with Gasteiger partial charge in [-0.15, -0.1) is 0 Å². The molecule has 0 N–H and O–H groups in total. The number of thiocarbonyl (C=S) groups is 1. The molecule has 41 heavy (non-hydrogen) atoms. The summed E-state index contributed by atoms with van der Waals surface area (Å²) in [5, 5.41) is 0. The van der Waals surface area contributed by atoms with E-state index in [1.807, 2.05) is 30.3 Å². The van der Waals surface area contributed by atoms with Crippen LogP contribution < -0.4 is 20.8 Å². The highest BCUT2D eigenvalue weighted by Crippen LogP contribution is 2.37. The zero-order valence-electron chi connectivity index (χ0n) is 21.6. The van der Waals surface area contributed by atoms with Crippen LogP contribution >= 0.6 is 39.9 Å². The van der Waals surface area contributed by atoms with Gasteiger partial charge in [-0.1, -0.05) is 64.2 Å². The Labute approximate surface area is 251 Å². The van der Waals surface area contributed by atoms with Crippen LogP contribution in [0.15, 0.2) is 98.0 Å². The Morgan fingerprint density at radius 3 is 2.39 bits per heavy atom. The number of rotatable bonds is 5. The van der Waals surface area contributed by atoms with Gasteiger partial charge >= 0.3 is 0 Å². The van der Waals surface area contributed by atoms with E-state index in [4.69, 9.17) is 17.0 Å². The van der Waals surface area contributed by atoms with Crippen LogP contribution in [0.5, 0.6) is 11.6 Å². The molecule has 6 rings (SSSR count). The molecule has 4 heterocycles. The van der Waals surface area contributed by atoms with Gasteiger partial charge in [-0.3, -0.25) is 28.4 Å². The molecule has 0 radical (unpaired) electrons. The van der Waals surface area contributed by atoms with Gasteiger partial charge in [0.2, 0.25) is 5.88 Å². The largest absolute Gasteiger partial charge is 0.438 e. The standard InChI is InChI=1S/C29H20BrN5O4S2/c1-17-24(28(38)35(32(17)2)19-8-4-3-5-9-19)34-27(37)22(41-29(34)40)16-21-25(39-20-13-11-18(30)12-14-20)31-23-10-6-7-15-33(23)26(21)36/h3-16H,1-2H3/b22-16-. The lowest BCUT2D eigenvalue weighted by atomic mass is 10.2. The van der Waals surface area contributed by atoms with Crippen LogP contribution in [0.4, 0.5) is 5.69 Å². The molecule has 3 aromatic heterocycles. The van der Waals surface area contributed by atoms with Crippen molar-refractivity contribution in [2.75, 3.05) is 4.90 Å². The predicted molar refractivity (Wildman–Crippen MR) is 167 cm³/mol. The van der Waals surface area contributed by atoms with E-state index in [0.717, 1.165) is 16.2 Å². The molecule has 0 bridgehead atoms. The average molecular weight is 647 g/mol. The monoisotopic (exact) mass is 645 g/mol. The number of pyridine rings is 1. The second kappa shape index (κ2) is 10.6. The molecule has 204 valence electrons. The Balaban J connectivity index is 1.46. The highest BCUT2D eigenvalue weighted by Gasteiger charge is 2.38. The summed E-state index contributed by atoms with van der Waals surface area (Å²) in [6, 6.07) is 21.4. The van der Waals surface area contributed by atoms with E-state index in [0.29, 0.717) is 22.8 Å². The van der Waals surface area contributed by atoms with Gasteiger partial charge in [0, 0.05) is 17.7 Å². The molecular weight excluding hydrogens is 626 g/mol. The smallest absolute Gasteiger partial charge is 0.296 e. The zero-order valence-corrected chi connectivity index (χ0v) is 24.9. The fourth-order valence-electron chi connectivity index (χ4n) is 4.50. The topological polar surface area (TPSA) is 90.8 Å². The van der Waals surface area contributed by atoms with Crippen molar-refractivity contribution < 1.29 is 9.53 Å². The number of benzene rings is 2. The lowest BCUT2D eigenvalue weighted by molar-refractivity contribution is -0.113. The van der Waals surface area contributed by atoms with Crippen molar-refractivity contribution >= 4 is 67.5 Å². The van der Waals surface area contributed by atoms with Crippen molar-refractivity contribution in [1.82, 2.24) is 18.7 Å². The van der Waals surface area contributed by atoms with Gasteiger partial charge < -0.3 is 4.74 Å². The van der Waals surface area contributed by atoms with Crippen LogP contribution in [0.1, 0.15) is 11.3 Å². The molecule has 9 nitrogen and oxygen atoms in total. The molecule has 1 amide bonds. The first-order chi connectivity index (χ1) is 19.7. The summed E-state index contributed by atoms with van der Waals surface area (Å²) >= 11 is 9.98. The number of carbonyl (C=O) groups excluding carboxylic acids is 1. The summed E-state index contributed by atoms with van der Waals surface area (Å²) in [5.74, 6) is -0.0155. The van der Waals surface area contributed by atoms with E-state index < -0.39 is 11.5 Å². The molecule has 1 aliphatic heterocycles. The number of para-hydroxylation sites is 1. The van der Waals surface area contributed by atoms with E-state index >= 15 is 0 Å². The maximum absolute atomic E-state index is 13.8. The number of thioether (sulfide) groups is 1. The number of halogens is 1. The lowest BCUT2D eigenvalue weighted by Crippen LogP contribution is -2.33. The van der Waals surface area contributed by atoms with Crippen LogP contribution in [0.2, 0.25) is 0 Å². The maximum Gasteiger partial charge on any atom is 0.296 e. The van der Waals surface area contributed by atoms with Crippen LogP contribution in [0.3, 0.4) is 0 Å². The molecule has 1 saturated heterocycles. The van der Waals surface area contributed by atoms with Crippen molar-refractivity contribution in [3.05, 3.63) is 120 Å². The van der Waals surface area contributed by atoms with Gasteiger partial charge in [-0.25, -0.2) is 4.68 Å². The number of carbonyl (C=O) groups is 1. The summed E-state index contributed by atoms with van der Waals surface area (Å²) in [4.78, 5) is 46.9. The van der Waals surface area contributed by atoms with Gasteiger partial charge in [0.1, 0.15) is 22.6 Å². The van der Waals surface area contributed by atoms with Gasteiger partial charge in [0.05, 0.1) is 16.3 Å². The third-order valence-corrected chi connectivity index (χ3v) is 8.41. The molecule has 2 aromatic carbocycles. The number of fused-ring (bicyclic) bond motifs is 1. The van der Waals surface area contributed by atoms with Crippen LogP contribution in [0.25, 0.3) is 17.4 Å². The van der Waals surface area contributed by atoms with Crippen molar-refractivity contribution in [2.24, 2.45) is 7.05 Å². The summed E-state index contributed by atoms with van der Waals surface area (Å²) in [6.45, 7) is 1.75. The van der Waals surface area contributed by atoms with E-state index in [-0.39, 0.29) is 31.9 Å². The quantitative estimate of drug-likeness (QED) is 0.185. The molecule has 5 aromatic rings. The van der Waals surface area contributed by atoms with Gasteiger partial charge in [-0.2, -0.15) is 4.98 Å². The van der Waals surface area contributed by atoms with Crippen molar-refractivity contribution in [3.8, 4) is 17.3 Å². The molecule has 0 saturated carbocycles. The number of hydrogen-bond acceptors (Lipinski definition) is 7. The molecule has 1 aliphatic rings. The Morgan fingerprint density at radius 1 is 0.951 bits per heavy atom. The highest BCUT2D eigenvalue weighted by atomic mass is 79.9. The number of aromatic nitrogens is 4. The second-order valence-corrected chi connectivity index (χ2v) is 11.6. The minimum atomic E-state index is -0.516. The van der Waals surface area contributed by atoms with Crippen molar-refractivity contribution in [2.45, 2.75) is 6.92 Å². The van der Waals surface area contributed by atoms with E-state index in [9.17, 15) is 14.4 Å². The van der Waals surface area contributed by atoms with Crippen LogP contribution in [0, 0.1) is 6.92 Å². The number of hydrogen-bond donors (Lipinski definition) is 0. The Hall–Kier alpha value is -4.26. The fraction of sp³-hybridized carbons (Fsp3) is 0.0690. The Bertz CT molecular complexity index is 2010. The molecular formula is C29H20BrN5O4S2. The van der Waals surface area contributed by atoms with Crippen LogP contribution in [-0.2, 0) is 11.8 Å². The van der Waals surface area contributed by atoms with Crippen molar-refractivity contribution in [1.29, 1.82) is 0 Å². The molecule has 0 atom stereocenters. The predicted octanol–water partition coefficient (Wildman–Crippen LogP) is 5.45. The van der Waals surface area contributed by atoms with Crippen molar-refractivity contribution in [3.63, 3.8) is 0 Å². The molecule has 12 heteroatoms. The van der Waals surface area contributed by atoms with E-state index in [2.05, 4.69) is 20.9 Å². The SMILES string of the molecule is Cc1c(N2C(=O)/C(=C/c3c(Oc4ccc(Br)cc4)nc4ccccn4c3=O)SC2=S)c(=O)n(-c2ccccc2)n1C. The van der Waals surface area contributed by atoms with Gasteiger partial charge in [-0.05, 0) is 61.5 Å². The fourth-order valence-corrected chi connectivity index (χ4v) is 6.02. The maximum atomic E-state index is 13.8. The molecule has 0 unspecified atom stereocenters. The normalized spacial score (nSPS) is 14.4. The molecule has 0 aliphatic carbocycles. The first-order valence-corrected chi connectivity index (χ1v) is 14.3.